The highest BCUT2D eigenvalue weighted by molar-refractivity contribution is 7.61. The van der Waals surface area contributed by atoms with Crippen molar-refractivity contribution in [3.8, 4) is 5.75 Å². The molecule has 158 valence electrons. The van der Waals surface area contributed by atoms with Crippen LogP contribution in [0.3, 0.4) is 0 Å². The molecular weight excluding hydrogens is 400 g/mol. The summed E-state index contributed by atoms with van der Waals surface area (Å²) in [5.74, 6) is -2.28. The summed E-state index contributed by atoms with van der Waals surface area (Å²) in [4.78, 5) is 23.9. The summed E-state index contributed by atoms with van der Waals surface area (Å²) >= 11 is 0. The molecule has 0 aromatic heterocycles. The first-order valence-corrected chi connectivity index (χ1v) is 10.6. The highest BCUT2D eigenvalue weighted by Gasteiger charge is 2.56. The minimum absolute atomic E-state index is 0.0325. The van der Waals surface area contributed by atoms with Crippen LogP contribution in [0.1, 0.15) is 30.4 Å². The van der Waals surface area contributed by atoms with E-state index in [1.807, 2.05) is 0 Å². The maximum Gasteiger partial charge on any atom is 0.419 e. The molecule has 1 fully saturated rings. The molecule has 11 heteroatoms. The smallest absolute Gasteiger partial charge is 0.419 e. The van der Waals surface area contributed by atoms with Crippen molar-refractivity contribution in [1.29, 1.82) is 0 Å². The first kappa shape index (κ1) is 22.7. The van der Waals surface area contributed by atoms with E-state index < -0.39 is 36.0 Å². The third kappa shape index (κ3) is 4.68. The first-order chi connectivity index (χ1) is 12.9. The highest BCUT2D eigenvalue weighted by Crippen LogP contribution is 2.59. The lowest BCUT2D eigenvalue weighted by Gasteiger charge is -2.43. The summed E-state index contributed by atoms with van der Waals surface area (Å²) in [5, 5.41) is 17.3. The molecule has 2 rings (SSSR count). The lowest BCUT2D eigenvalue weighted by molar-refractivity contribution is -0.141. The van der Waals surface area contributed by atoms with Crippen molar-refractivity contribution in [3.05, 3.63) is 29.3 Å². The number of halogens is 3. The summed E-state index contributed by atoms with van der Waals surface area (Å²) in [6, 6.07) is 3.05. The van der Waals surface area contributed by atoms with Crippen molar-refractivity contribution in [2.75, 3.05) is 25.8 Å². The molecule has 5 N–H and O–H groups in total. The van der Waals surface area contributed by atoms with Crippen LogP contribution in [0.15, 0.2) is 18.2 Å². The lowest BCUT2D eigenvalue weighted by Crippen LogP contribution is -2.53. The number of unbranched alkanes of at least 4 members (excludes halogenated alkanes) is 1. The molecule has 0 radical (unpaired) electrons. The van der Waals surface area contributed by atoms with E-state index in [1.54, 1.807) is 4.90 Å². The van der Waals surface area contributed by atoms with E-state index in [0.29, 0.717) is 19.4 Å². The van der Waals surface area contributed by atoms with Gasteiger partial charge in [0, 0.05) is 25.8 Å². The molecule has 1 aliphatic rings. The molecule has 1 heterocycles. The molecule has 0 bridgehead atoms. The van der Waals surface area contributed by atoms with Gasteiger partial charge in [0.05, 0.1) is 5.56 Å². The number of nitrogens with zero attached hydrogens (tertiary/aromatic N) is 1. The molecule has 0 aliphatic carbocycles. The fourth-order valence-electron chi connectivity index (χ4n) is 3.49. The predicted octanol–water partition coefficient (Wildman–Crippen LogP) is 2.45. The Morgan fingerprint density at radius 3 is 2.57 bits per heavy atom. The molecule has 2 atom stereocenters. The quantitative estimate of drug-likeness (QED) is 0.392. The summed E-state index contributed by atoms with van der Waals surface area (Å²) in [5.41, 5.74) is 4.46. The van der Waals surface area contributed by atoms with Crippen LogP contribution in [0, 0.1) is 0 Å². The topological polar surface area (TPSA) is 124 Å². The van der Waals surface area contributed by atoms with Gasteiger partial charge in [0.25, 0.3) is 0 Å². The molecule has 0 amide bonds. The van der Waals surface area contributed by atoms with Crippen molar-refractivity contribution >= 4 is 13.3 Å². The van der Waals surface area contributed by atoms with Crippen molar-refractivity contribution < 1.29 is 37.6 Å². The molecule has 0 spiro atoms. The summed E-state index contributed by atoms with van der Waals surface area (Å²) in [6.45, 7) is 0.128. The van der Waals surface area contributed by atoms with Crippen molar-refractivity contribution in [3.63, 3.8) is 0 Å². The van der Waals surface area contributed by atoms with Crippen molar-refractivity contribution in [2.24, 2.45) is 5.73 Å². The highest BCUT2D eigenvalue weighted by atomic mass is 31.2. The number of carbonyl (C=O) groups is 1. The van der Waals surface area contributed by atoms with Gasteiger partial charge in [-0.05, 0) is 37.1 Å². The number of nitrogens with two attached hydrogens (primary N) is 1. The number of hydrogen-bond acceptors (Lipinski definition) is 5. The number of benzene rings is 1. The number of carboxylic acid groups (broad SMARTS) is 1. The van der Waals surface area contributed by atoms with Gasteiger partial charge in [0.15, 0.2) is 5.16 Å². The first-order valence-electron chi connectivity index (χ1n) is 8.80. The van der Waals surface area contributed by atoms with Crippen molar-refractivity contribution in [1.82, 2.24) is 4.90 Å². The van der Waals surface area contributed by atoms with Gasteiger partial charge in [0.2, 0.25) is 7.37 Å². The third-order valence-electron chi connectivity index (χ3n) is 5.09. The second kappa shape index (κ2) is 8.41. The van der Waals surface area contributed by atoms with Crippen LogP contribution in [-0.4, -0.2) is 56.9 Å². The van der Waals surface area contributed by atoms with Gasteiger partial charge < -0.3 is 20.8 Å². The van der Waals surface area contributed by atoms with Crippen LogP contribution in [0.5, 0.6) is 5.75 Å². The Balaban J connectivity index is 2.26. The zero-order valence-electron chi connectivity index (χ0n) is 15.2. The molecule has 1 aliphatic heterocycles. The number of alkyl halides is 3. The molecule has 1 saturated heterocycles. The molecular formula is C17H24F3N2O5P. The van der Waals surface area contributed by atoms with Gasteiger partial charge in [0.1, 0.15) is 5.75 Å². The molecule has 1 aromatic carbocycles. The molecule has 2 unspecified atom stereocenters. The van der Waals surface area contributed by atoms with E-state index in [2.05, 4.69) is 0 Å². The summed E-state index contributed by atoms with van der Waals surface area (Å²) in [7, 11) is -4.01. The number of aliphatic carboxylic acids is 1. The van der Waals surface area contributed by atoms with Crippen LogP contribution < -0.4 is 5.73 Å². The van der Waals surface area contributed by atoms with Crippen LogP contribution in [0.2, 0.25) is 0 Å². The largest absolute Gasteiger partial charge is 0.507 e. The predicted molar refractivity (Wildman–Crippen MR) is 96.4 cm³/mol. The van der Waals surface area contributed by atoms with Gasteiger partial charge in [-0.25, -0.2) is 0 Å². The number of rotatable bonds is 7. The number of hydrogen-bond donors (Lipinski definition) is 4. The molecule has 7 nitrogen and oxygen atoms in total. The van der Waals surface area contributed by atoms with E-state index in [-0.39, 0.29) is 37.8 Å². The minimum Gasteiger partial charge on any atom is -0.507 e. The number of aromatic hydroxyl groups is 1. The Labute approximate surface area is 160 Å². The SMILES string of the molecule is NCCCCC1(C(=O)O)CN(Cc2ccc(O)c(C(F)(F)F)c2)CCP1(=O)O. The van der Waals surface area contributed by atoms with Crippen LogP contribution in [0.4, 0.5) is 13.2 Å². The van der Waals surface area contributed by atoms with Crippen molar-refractivity contribution in [2.45, 2.75) is 37.1 Å². The second-order valence-electron chi connectivity index (χ2n) is 7.07. The third-order valence-corrected chi connectivity index (χ3v) is 7.79. The van der Waals surface area contributed by atoms with Gasteiger partial charge in [-0.15, -0.1) is 0 Å². The fourth-order valence-corrected chi connectivity index (χ4v) is 5.70. The molecule has 1 aromatic rings. The number of phenolic OH excluding ortho intramolecular Hbond substituents is 1. The van der Waals surface area contributed by atoms with E-state index >= 15 is 0 Å². The van der Waals surface area contributed by atoms with E-state index in [0.717, 1.165) is 12.1 Å². The zero-order valence-corrected chi connectivity index (χ0v) is 16.0. The Morgan fingerprint density at radius 2 is 2.00 bits per heavy atom. The number of carboxylic acids is 1. The Morgan fingerprint density at radius 1 is 1.32 bits per heavy atom. The zero-order chi connectivity index (χ0) is 21.2. The van der Waals surface area contributed by atoms with E-state index in [4.69, 9.17) is 5.73 Å². The Bertz CT molecular complexity index is 774. The minimum atomic E-state index is -4.73. The Hall–Kier alpha value is -1.61. The van der Waals surface area contributed by atoms with Crippen LogP contribution in [0.25, 0.3) is 0 Å². The van der Waals surface area contributed by atoms with Gasteiger partial charge in [-0.1, -0.05) is 12.5 Å². The van der Waals surface area contributed by atoms with Crippen LogP contribution >= 0.6 is 7.37 Å². The van der Waals surface area contributed by atoms with E-state index in [9.17, 15) is 37.6 Å². The maximum absolute atomic E-state index is 13.0. The fraction of sp³-hybridized carbons (Fsp3) is 0.588. The van der Waals surface area contributed by atoms with Crippen LogP contribution in [-0.2, 0) is 22.1 Å². The standard InChI is InChI=1S/C17H24F3N2O5P/c18-17(19,20)13-9-12(3-4-14(13)23)10-22-7-8-28(26,27)16(11-22,15(24)25)5-1-2-6-21/h3-4,9,23H,1-2,5-8,10-11,21H2,(H,24,25)(H,26,27). The van der Waals surface area contributed by atoms with E-state index in [1.165, 1.54) is 6.07 Å². The average Bonchev–Trinajstić information content (AvgIpc) is 2.58. The summed E-state index contributed by atoms with van der Waals surface area (Å²) < 4.78 is 51.6. The van der Waals surface area contributed by atoms with Gasteiger partial charge in [-0.3, -0.25) is 14.3 Å². The Kier molecular flexibility index (Phi) is 6.81. The second-order valence-corrected chi connectivity index (χ2v) is 9.77. The molecule has 28 heavy (non-hydrogen) atoms. The maximum atomic E-state index is 13.0. The lowest BCUT2D eigenvalue weighted by atomic mass is 9.99. The van der Waals surface area contributed by atoms with Gasteiger partial charge >= 0.3 is 12.1 Å². The monoisotopic (exact) mass is 424 g/mol. The van der Waals surface area contributed by atoms with Gasteiger partial charge in [-0.2, -0.15) is 13.2 Å². The normalized spacial score (nSPS) is 26.3. The average molecular weight is 424 g/mol. The summed E-state index contributed by atoms with van der Waals surface area (Å²) in [6.07, 6.45) is -4.16. The molecule has 0 saturated carbocycles. The number of phenols is 1.